The number of furan rings is 1. The quantitative estimate of drug-likeness (QED) is 0.804. The summed E-state index contributed by atoms with van der Waals surface area (Å²) in [4.78, 5) is 20.9. The molecule has 118 valence electrons. The molecule has 0 radical (unpaired) electrons. The van der Waals surface area contributed by atoms with E-state index in [9.17, 15) is 4.79 Å². The zero-order valence-electron chi connectivity index (χ0n) is 13.3. The monoisotopic (exact) mass is 310 g/mol. The molecule has 0 aliphatic carbocycles. The molecule has 0 aromatic carbocycles. The molecule has 3 aromatic heterocycles. The van der Waals surface area contributed by atoms with Crippen LogP contribution in [0.1, 0.15) is 33.0 Å². The van der Waals surface area contributed by atoms with Crippen LogP contribution in [0.15, 0.2) is 41.5 Å². The van der Waals surface area contributed by atoms with Crippen LogP contribution in [-0.2, 0) is 6.54 Å². The lowest BCUT2D eigenvalue weighted by Crippen LogP contribution is -2.24. The van der Waals surface area contributed by atoms with Crippen LogP contribution in [0, 0.1) is 20.8 Å². The summed E-state index contributed by atoms with van der Waals surface area (Å²) in [6, 6.07) is 3.78. The number of hydrogen-bond donors (Lipinski definition) is 1. The lowest BCUT2D eigenvalue weighted by Gasteiger charge is -2.10. The highest BCUT2D eigenvalue weighted by molar-refractivity contribution is 5.96. The van der Waals surface area contributed by atoms with Crippen molar-refractivity contribution < 1.29 is 9.21 Å². The third-order valence-electron chi connectivity index (χ3n) is 3.84. The molecule has 1 N–H and O–H groups in total. The Balaban J connectivity index is 1.80. The first-order valence-corrected chi connectivity index (χ1v) is 7.35. The summed E-state index contributed by atoms with van der Waals surface area (Å²) in [5.41, 5.74) is 2.39. The van der Waals surface area contributed by atoms with E-state index >= 15 is 0 Å². The smallest absolute Gasteiger partial charge is 0.255 e. The van der Waals surface area contributed by atoms with E-state index < -0.39 is 0 Å². The average Bonchev–Trinajstić information content (AvgIpc) is 3.15. The second-order valence-electron chi connectivity index (χ2n) is 5.35. The van der Waals surface area contributed by atoms with Crippen LogP contribution in [0.4, 0.5) is 0 Å². The summed E-state index contributed by atoms with van der Waals surface area (Å²) in [5.74, 6) is 2.02. The molecule has 3 heterocycles. The number of pyridine rings is 1. The van der Waals surface area contributed by atoms with Gasteiger partial charge in [0.15, 0.2) is 0 Å². The fourth-order valence-corrected chi connectivity index (χ4v) is 2.58. The second-order valence-corrected chi connectivity index (χ2v) is 5.35. The molecule has 0 atom stereocenters. The lowest BCUT2D eigenvalue weighted by atomic mass is 10.1. The molecule has 0 saturated heterocycles. The lowest BCUT2D eigenvalue weighted by molar-refractivity contribution is 0.0949. The van der Waals surface area contributed by atoms with Crippen molar-refractivity contribution in [2.45, 2.75) is 27.3 Å². The molecule has 6 nitrogen and oxygen atoms in total. The number of imidazole rings is 1. The molecule has 3 aromatic rings. The van der Waals surface area contributed by atoms with Crippen molar-refractivity contribution in [3.05, 3.63) is 65.3 Å². The maximum atomic E-state index is 12.5. The summed E-state index contributed by atoms with van der Waals surface area (Å²) in [5, 5.41) is 2.94. The summed E-state index contributed by atoms with van der Waals surface area (Å²) < 4.78 is 7.33. The highest BCUT2D eigenvalue weighted by Gasteiger charge is 2.18. The van der Waals surface area contributed by atoms with Gasteiger partial charge in [0, 0.05) is 36.3 Å². The minimum absolute atomic E-state index is 0.141. The highest BCUT2D eigenvalue weighted by Crippen LogP contribution is 2.20. The minimum atomic E-state index is -0.141. The van der Waals surface area contributed by atoms with E-state index in [1.807, 2.05) is 36.7 Å². The molecule has 0 saturated carbocycles. The van der Waals surface area contributed by atoms with Crippen LogP contribution in [0.3, 0.4) is 0 Å². The van der Waals surface area contributed by atoms with Gasteiger partial charge in [-0.1, -0.05) is 6.07 Å². The molecule has 0 spiro atoms. The Bertz CT molecular complexity index is 834. The Hall–Kier alpha value is -2.89. The van der Waals surface area contributed by atoms with Gasteiger partial charge in [-0.3, -0.25) is 9.36 Å². The third-order valence-corrected chi connectivity index (χ3v) is 3.84. The number of amides is 1. The molecule has 0 aliphatic rings. The maximum absolute atomic E-state index is 12.5. The standard InChI is InChI=1S/C17H18N4O2/c1-11-12(2)23-13(3)15(11)17(22)20-9-14-5-4-6-19-16(14)21-8-7-18-10-21/h4-8,10H,9H2,1-3H3,(H,20,22). The van der Waals surface area contributed by atoms with Crippen LogP contribution in [-0.4, -0.2) is 20.4 Å². The van der Waals surface area contributed by atoms with Crippen molar-refractivity contribution in [1.29, 1.82) is 0 Å². The molecule has 1 amide bonds. The first-order valence-electron chi connectivity index (χ1n) is 7.35. The number of rotatable bonds is 4. The maximum Gasteiger partial charge on any atom is 0.255 e. The molecule has 0 aliphatic heterocycles. The van der Waals surface area contributed by atoms with Gasteiger partial charge in [-0.2, -0.15) is 0 Å². The van der Waals surface area contributed by atoms with Crippen LogP contribution >= 0.6 is 0 Å². The highest BCUT2D eigenvalue weighted by atomic mass is 16.3. The first-order chi connectivity index (χ1) is 11.1. The Morgan fingerprint density at radius 1 is 1.26 bits per heavy atom. The number of carbonyl (C=O) groups is 1. The Labute approximate surface area is 134 Å². The normalized spacial score (nSPS) is 10.7. The summed E-state index contributed by atoms with van der Waals surface area (Å²) in [6.45, 7) is 5.93. The molecule has 23 heavy (non-hydrogen) atoms. The SMILES string of the molecule is Cc1oc(C)c(C(=O)NCc2cccnc2-n2ccnc2)c1C. The van der Waals surface area contributed by atoms with Crippen LogP contribution in [0.2, 0.25) is 0 Å². The number of hydrogen-bond acceptors (Lipinski definition) is 4. The number of nitrogens with one attached hydrogen (secondary N) is 1. The molecular formula is C17H18N4O2. The van der Waals surface area contributed by atoms with E-state index in [-0.39, 0.29) is 5.91 Å². The number of carbonyl (C=O) groups excluding carboxylic acids is 1. The van der Waals surface area contributed by atoms with Crippen molar-refractivity contribution in [3.8, 4) is 5.82 Å². The zero-order chi connectivity index (χ0) is 16.4. The topological polar surface area (TPSA) is 73.0 Å². The van der Waals surface area contributed by atoms with Gasteiger partial charge < -0.3 is 9.73 Å². The molecule has 0 fully saturated rings. The Morgan fingerprint density at radius 2 is 2.09 bits per heavy atom. The number of aromatic nitrogens is 3. The molecule has 3 rings (SSSR count). The van der Waals surface area contributed by atoms with E-state index in [1.54, 1.807) is 25.6 Å². The van der Waals surface area contributed by atoms with Gasteiger partial charge in [0.25, 0.3) is 5.91 Å². The summed E-state index contributed by atoms with van der Waals surface area (Å²) in [6.07, 6.45) is 6.91. The summed E-state index contributed by atoms with van der Waals surface area (Å²) in [7, 11) is 0. The number of aryl methyl sites for hydroxylation is 2. The molecule has 0 bridgehead atoms. The Morgan fingerprint density at radius 3 is 2.74 bits per heavy atom. The average molecular weight is 310 g/mol. The largest absolute Gasteiger partial charge is 0.466 e. The van der Waals surface area contributed by atoms with Crippen molar-refractivity contribution in [2.24, 2.45) is 0 Å². The van der Waals surface area contributed by atoms with Crippen LogP contribution in [0.5, 0.6) is 0 Å². The first kappa shape index (κ1) is 15.0. The van der Waals surface area contributed by atoms with Gasteiger partial charge in [0.2, 0.25) is 0 Å². The van der Waals surface area contributed by atoms with Gasteiger partial charge >= 0.3 is 0 Å². The third kappa shape index (κ3) is 2.88. The molecular weight excluding hydrogens is 292 g/mol. The zero-order valence-corrected chi connectivity index (χ0v) is 13.3. The van der Waals surface area contributed by atoms with Gasteiger partial charge in [-0.25, -0.2) is 9.97 Å². The molecule has 0 unspecified atom stereocenters. The van der Waals surface area contributed by atoms with Crippen molar-refractivity contribution in [3.63, 3.8) is 0 Å². The minimum Gasteiger partial charge on any atom is -0.466 e. The Kier molecular flexibility index (Phi) is 3.97. The van der Waals surface area contributed by atoms with E-state index in [0.717, 1.165) is 22.7 Å². The van der Waals surface area contributed by atoms with E-state index in [2.05, 4.69) is 15.3 Å². The second kappa shape index (κ2) is 6.08. The van der Waals surface area contributed by atoms with Crippen LogP contribution in [0.25, 0.3) is 5.82 Å². The summed E-state index contributed by atoms with van der Waals surface area (Å²) >= 11 is 0. The van der Waals surface area contributed by atoms with Crippen molar-refractivity contribution >= 4 is 5.91 Å². The van der Waals surface area contributed by atoms with Gasteiger partial charge in [0.1, 0.15) is 23.7 Å². The van der Waals surface area contributed by atoms with Gasteiger partial charge in [0.05, 0.1) is 5.56 Å². The fourth-order valence-electron chi connectivity index (χ4n) is 2.58. The predicted molar refractivity (Wildman–Crippen MR) is 85.4 cm³/mol. The van der Waals surface area contributed by atoms with E-state index in [4.69, 9.17) is 4.42 Å². The van der Waals surface area contributed by atoms with Crippen LogP contribution < -0.4 is 5.32 Å². The fraction of sp³-hybridized carbons (Fsp3) is 0.235. The number of nitrogens with zero attached hydrogens (tertiary/aromatic N) is 3. The van der Waals surface area contributed by atoms with E-state index in [0.29, 0.717) is 17.9 Å². The predicted octanol–water partition coefficient (Wildman–Crippen LogP) is 2.72. The van der Waals surface area contributed by atoms with E-state index in [1.165, 1.54) is 0 Å². The van der Waals surface area contributed by atoms with Gasteiger partial charge in [-0.05, 0) is 26.8 Å². The van der Waals surface area contributed by atoms with Gasteiger partial charge in [-0.15, -0.1) is 0 Å². The van der Waals surface area contributed by atoms with Crippen molar-refractivity contribution in [1.82, 2.24) is 19.9 Å². The molecule has 6 heteroatoms. The van der Waals surface area contributed by atoms with Crippen molar-refractivity contribution in [2.75, 3.05) is 0 Å².